The molecule has 0 aromatic heterocycles. The Morgan fingerprint density at radius 1 is 1.14 bits per heavy atom. The lowest BCUT2D eigenvalue weighted by molar-refractivity contribution is -0.135. The van der Waals surface area contributed by atoms with Crippen molar-refractivity contribution in [3.05, 3.63) is 35.9 Å². The van der Waals surface area contributed by atoms with Crippen LogP contribution in [0.1, 0.15) is 57.4 Å². The maximum atomic E-state index is 12.8. The van der Waals surface area contributed by atoms with Gasteiger partial charge in [0.05, 0.1) is 0 Å². The first-order valence-corrected chi connectivity index (χ1v) is 11.1. The van der Waals surface area contributed by atoms with Gasteiger partial charge in [-0.15, -0.1) is 24.0 Å². The van der Waals surface area contributed by atoms with Gasteiger partial charge < -0.3 is 15.5 Å². The van der Waals surface area contributed by atoms with Gasteiger partial charge in [0, 0.05) is 38.1 Å². The van der Waals surface area contributed by atoms with Gasteiger partial charge in [-0.1, -0.05) is 49.6 Å². The third kappa shape index (κ3) is 7.79. The first-order valence-electron chi connectivity index (χ1n) is 11.1. The monoisotopic (exact) mass is 512 g/mol. The molecule has 5 nitrogen and oxygen atoms in total. The van der Waals surface area contributed by atoms with E-state index in [0.29, 0.717) is 11.9 Å². The zero-order valence-electron chi connectivity index (χ0n) is 17.7. The quantitative estimate of drug-likeness (QED) is 0.252. The summed E-state index contributed by atoms with van der Waals surface area (Å²) in [6.07, 6.45) is 8.98. The van der Waals surface area contributed by atoms with E-state index in [0.717, 1.165) is 64.2 Å². The highest BCUT2D eigenvalue weighted by molar-refractivity contribution is 14.0. The van der Waals surface area contributed by atoms with Crippen LogP contribution in [-0.4, -0.2) is 49.0 Å². The predicted molar refractivity (Wildman–Crippen MR) is 131 cm³/mol. The number of hydrogen-bond acceptors (Lipinski definition) is 2. The lowest BCUT2D eigenvalue weighted by Crippen LogP contribution is -2.45. The Labute approximate surface area is 193 Å². The van der Waals surface area contributed by atoms with E-state index in [1.165, 1.54) is 24.8 Å². The van der Waals surface area contributed by atoms with Crippen LogP contribution in [0, 0.1) is 5.92 Å². The molecule has 0 spiro atoms. The SMILES string of the molecule is CCNC(=NCCCc1ccccc1)NC1CCN(C(=O)C2CCCCC2)C1.I. The highest BCUT2D eigenvalue weighted by Crippen LogP contribution is 2.26. The Hall–Kier alpha value is -1.31. The number of aryl methyl sites for hydroxylation is 1. The van der Waals surface area contributed by atoms with Gasteiger partial charge in [-0.05, 0) is 44.6 Å². The van der Waals surface area contributed by atoms with Crippen LogP contribution in [0.2, 0.25) is 0 Å². The summed E-state index contributed by atoms with van der Waals surface area (Å²) >= 11 is 0. The van der Waals surface area contributed by atoms with Crippen LogP contribution >= 0.6 is 24.0 Å². The van der Waals surface area contributed by atoms with E-state index in [4.69, 9.17) is 4.99 Å². The van der Waals surface area contributed by atoms with Crippen LogP contribution in [0.25, 0.3) is 0 Å². The first-order chi connectivity index (χ1) is 13.8. The van der Waals surface area contributed by atoms with Gasteiger partial charge in [-0.3, -0.25) is 9.79 Å². The first kappa shape index (κ1) is 24.0. The van der Waals surface area contributed by atoms with Crippen molar-refractivity contribution in [3.63, 3.8) is 0 Å². The summed E-state index contributed by atoms with van der Waals surface area (Å²) in [5.41, 5.74) is 1.36. The molecule has 1 aliphatic heterocycles. The van der Waals surface area contributed by atoms with Gasteiger partial charge >= 0.3 is 0 Å². The standard InChI is InChI=1S/C23H36N4O.HI/c1-2-24-23(25-16-9-12-19-10-5-3-6-11-19)26-21-15-17-27(18-21)22(28)20-13-7-4-8-14-20;/h3,5-6,10-11,20-21H,2,4,7-9,12-18H2,1H3,(H2,24,25,26);1H. The molecule has 2 fully saturated rings. The fraction of sp³-hybridized carbons (Fsp3) is 0.652. The lowest BCUT2D eigenvalue weighted by atomic mass is 9.88. The Morgan fingerprint density at radius 3 is 2.62 bits per heavy atom. The van der Waals surface area contributed by atoms with Crippen molar-refractivity contribution in [1.29, 1.82) is 0 Å². The molecule has 3 rings (SSSR count). The Morgan fingerprint density at radius 2 is 1.90 bits per heavy atom. The molecule has 2 aliphatic rings. The van der Waals surface area contributed by atoms with E-state index in [-0.39, 0.29) is 29.9 Å². The highest BCUT2D eigenvalue weighted by atomic mass is 127. The molecule has 0 radical (unpaired) electrons. The van der Waals surface area contributed by atoms with Crippen molar-refractivity contribution in [2.24, 2.45) is 10.9 Å². The number of nitrogens with zero attached hydrogens (tertiary/aromatic N) is 2. The van der Waals surface area contributed by atoms with E-state index in [1.807, 2.05) is 0 Å². The van der Waals surface area contributed by atoms with Crippen molar-refractivity contribution >= 4 is 35.8 Å². The Balaban J connectivity index is 0.00000300. The predicted octanol–water partition coefficient (Wildman–Crippen LogP) is 3.97. The molecule has 1 atom stereocenters. The smallest absolute Gasteiger partial charge is 0.225 e. The molecule has 29 heavy (non-hydrogen) atoms. The van der Waals surface area contributed by atoms with Gasteiger partial charge in [0.2, 0.25) is 5.91 Å². The number of likely N-dealkylation sites (tertiary alicyclic amines) is 1. The van der Waals surface area contributed by atoms with Gasteiger partial charge in [-0.25, -0.2) is 0 Å². The van der Waals surface area contributed by atoms with Crippen molar-refractivity contribution < 1.29 is 4.79 Å². The minimum Gasteiger partial charge on any atom is -0.357 e. The van der Waals surface area contributed by atoms with E-state index < -0.39 is 0 Å². The summed E-state index contributed by atoms with van der Waals surface area (Å²) in [5.74, 6) is 1.54. The van der Waals surface area contributed by atoms with Gasteiger partial charge in [0.1, 0.15) is 0 Å². The second-order valence-corrected chi connectivity index (χ2v) is 8.10. The number of nitrogens with one attached hydrogen (secondary N) is 2. The third-order valence-electron chi connectivity index (χ3n) is 5.88. The van der Waals surface area contributed by atoms with E-state index in [9.17, 15) is 4.79 Å². The second-order valence-electron chi connectivity index (χ2n) is 8.10. The second kappa shape index (κ2) is 13.1. The van der Waals surface area contributed by atoms with Crippen LogP contribution in [0.15, 0.2) is 35.3 Å². The van der Waals surface area contributed by atoms with Crippen LogP contribution in [0.3, 0.4) is 0 Å². The molecule has 6 heteroatoms. The Kier molecular flexibility index (Phi) is 10.8. The number of hydrogen-bond donors (Lipinski definition) is 2. The number of rotatable bonds is 7. The van der Waals surface area contributed by atoms with Gasteiger partial charge in [-0.2, -0.15) is 0 Å². The molecular formula is C23H37IN4O. The van der Waals surface area contributed by atoms with E-state index in [1.54, 1.807) is 0 Å². The van der Waals surface area contributed by atoms with Crippen LogP contribution in [0.5, 0.6) is 0 Å². The van der Waals surface area contributed by atoms with Crippen molar-refractivity contribution in [2.75, 3.05) is 26.2 Å². The normalized spacial score (nSPS) is 20.2. The lowest BCUT2D eigenvalue weighted by Gasteiger charge is -2.26. The number of aliphatic imine (C=N–C) groups is 1. The van der Waals surface area contributed by atoms with Gasteiger partial charge in [0.15, 0.2) is 5.96 Å². The van der Waals surface area contributed by atoms with Crippen LogP contribution in [0.4, 0.5) is 0 Å². The van der Waals surface area contributed by atoms with Crippen molar-refractivity contribution in [2.45, 2.75) is 64.3 Å². The molecule has 1 aromatic rings. The zero-order valence-corrected chi connectivity index (χ0v) is 20.1. The minimum atomic E-state index is 0. The van der Waals surface area contributed by atoms with Crippen molar-refractivity contribution in [3.8, 4) is 0 Å². The number of benzene rings is 1. The third-order valence-corrected chi connectivity index (χ3v) is 5.88. The number of carbonyl (C=O) groups is 1. The molecule has 0 bridgehead atoms. The topological polar surface area (TPSA) is 56.7 Å². The number of guanidine groups is 1. The zero-order chi connectivity index (χ0) is 19.6. The summed E-state index contributed by atoms with van der Waals surface area (Å²) in [7, 11) is 0. The summed E-state index contributed by atoms with van der Waals surface area (Å²) in [6, 6.07) is 10.9. The minimum absolute atomic E-state index is 0. The summed E-state index contributed by atoms with van der Waals surface area (Å²) in [6.45, 7) is 5.43. The highest BCUT2D eigenvalue weighted by Gasteiger charge is 2.31. The molecule has 1 amide bonds. The van der Waals surface area contributed by atoms with Crippen LogP contribution < -0.4 is 10.6 Å². The van der Waals surface area contributed by atoms with Crippen molar-refractivity contribution in [1.82, 2.24) is 15.5 Å². The molecular weight excluding hydrogens is 475 g/mol. The largest absolute Gasteiger partial charge is 0.357 e. The number of amides is 1. The number of halogens is 1. The average molecular weight is 512 g/mol. The molecule has 1 aliphatic carbocycles. The summed E-state index contributed by atoms with van der Waals surface area (Å²) in [5, 5.41) is 6.90. The molecule has 1 aromatic carbocycles. The molecule has 1 heterocycles. The average Bonchev–Trinajstić information content (AvgIpc) is 3.20. The van der Waals surface area contributed by atoms with E-state index >= 15 is 0 Å². The molecule has 1 saturated heterocycles. The summed E-state index contributed by atoms with van der Waals surface area (Å²) in [4.78, 5) is 19.6. The fourth-order valence-electron chi connectivity index (χ4n) is 4.32. The molecule has 2 N–H and O–H groups in total. The van der Waals surface area contributed by atoms with E-state index in [2.05, 4.69) is 52.8 Å². The Bertz CT molecular complexity index is 631. The van der Waals surface area contributed by atoms with Crippen LogP contribution in [-0.2, 0) is 11.2 Å². The molecule has 162 valence electrons. The maximum Gasteiger partial charge on any atom is 0.225 e. The molecule has 1 unspecified atom stereocenters. The number of carbonyl (C=O) groups excluding carboxylic acids is 1. The maximum absolute atomic E-state index is 12.8. The molecule has 1 saturated carbocycles. The summed E-state index contributed by atoms with van der Waals surface area (Å²) < 4.78 is 0. The fourth-order valence-corrected chi connectivity index (χ4v) is 4.32. The van der Waals surface area contributed by atoms with Gasteiger partial charge in [0.25, 0.3) is 0 Å².